The topological polar surface area (TPSA) is 48.0 Å². The van der Waals surface area contributed by atoms with E-state index in [0.29, 0.717) is 17.6 Å². The van der Waals surface area contributed by atoms with Gasteiger partial charge < -0.3 is 10.3 Å². The molecule has 0 amide bonds. The van der Waals surface area contributed by atoms with Crippen molar-refractivity contribution in [2.24, 2.45) is 5.92 Å². The second kappa shape index (κ2) is 3.72. The van der Waals surface area contributed by atoms with Gasteiger partial charge in [-0.2, -0.15) is 0 Å². The van der Waals surface area contributed by atoms with E-state index in [1.54, 1.807) is 0 Å². The number of nitrogens with zero attached hydrogens (tertiary/aromatic N) is 1. The molecule has 1 aliphatic rings. The summed E-state index contributed by atoms with van der Waals surface area (Å²) in [5, 5.41) is 0. The summed E-state index contributed by atoms with van der Waals surface area (Å²) in [6.45, 7) is 4.32. The third kappa shape index (κ3) is 2.22. The summed E-state index contributed by atoms with van der Waals surface area (Å²) in [7, 11) is 0. The van der Waals surface area contributed by atoms with Gasteiger partial charge in [-0.15, -0.1) is 0 Å². The van der Waals surface area contributed by atoms with Crippen molar-refractivity contribution in [1.82, 2.24) is 4.57 Å². The van der Waals surface area contributed by atoms with Gasteiger partial charge >= 0.3 is 0 Å². The maximum atomic E-state index is 11.8. The first-order valence-electron chi connectivity index (χ1n) is 5.59. The smallest absolute Gasteiger partial charge is 0.253 e. The van der Waals surface area contributed by atoms with Crippen LogP contribution in [0.25, 0.3) is 0 Å². The number of nitrogens with two attached hydrogens (primary N) is 1. The van der Waals surface area contributed by atoms with Crippen LogP contribution in [0.5, 0.6) is 0 Å². The molecule has 82 valence electrons. The molecule has 2 rings (SSSR count). The van der Waals surface area contributed by atoms with Crippen LogP contribution in [0.3, 0.4) is 0 Å². The van der Waals surface area contributed by atoms with E-state index in [-0.39, 0.29) is 5.56 Å². The van der Waals surface area contributed by atoms with Gasteiger partial charge in [0, 0.05) is 23.5 Å². The molecule has 1 aliphatic carbocycles. The molecule has 0 aromatic carbocycles. The standard InChI is InChI=1S/C12H18N2O/c1-8(2)5-11-6-9(13)7-12(15)14(11)10-3-4-10/h6-8,10H,3-5,13H2,1-2H3. The number of nitrogen functional groups attached to an aromatic ring is 1. The lowest BCUT2D eigenvalue weighted by atomic mass is 10.1. The zero-order valence-corrected chi connectivity index (χ0v) is 9.36. The van der Waals surface area contributed by atoms with Crippen LogP contribution in [-0.4, -0.2) is 4.57 Å². The minimum absolute atomic E-state index is 0.0631. The average molecular weight is 206 g/mol. The van der Waals surface area contributed by atoms with E-state index in [9.17, 15) is 4.79 Å². The molecule has 1 fully saturated rings. The van der Waals surface area contributed by atoms with Gasteiger partial charge in [0.15, 0.2) is 0 Å². The molecule has 2 N–H and O–H groups in total. The normalized spacial score (nSPS) is 15.9. The zero-order chi connectivity index (χ0) is 11.0. The van der Waals surface area contributed by atoms with Gasteiger partial charge in [-0.05, 0) is 31.2 Å². The molecule has 15 heavy (non-hydrogen) atoms. The highest BCUT2D eigenvalue weighted by Gasteiger charge is 2.26. The second-order valence-corrected chi connectivity index (χ2v) is 4.82. The zero-order valence-electron chi connectivity index (χ0n) is 9.36. The fourth-order valence-corrected chi connectivity index (χ4v) is 1.98. The van der Waals surface area contributed by atoms with Gasteiger partial charge in [0.1, 0.15) is 0 Å². The van der Waals surface area contributed by atoms with Gasteiger partial charge in [-0.3, -0.25) is 4.79 Å². The molecule has 1 saturated carbocycles. The first kappa shape index (κ1) is 10.3. The lowest BCUT2D eigenvalue weighted by Crippen LogP contribution is -2.23. The third-order valence-corrected chi connectivity index (χ3v) is 2.70. The highest BCUT2D eigenvalue weighted by atomic mass is 16.1. The Morgan fingerprint density at radius 2 is 2.13 bits per heavy atom. The van der Waals surface area contributed by atoms with Crippen LogP contribution < -0.4 is 11.3 Å². The molecule has 0 saturated heterocycles. The van der Waals surface area contributed by atoms with Crippen molar-refractivity contribution in [3.63, 3.8) is 0 Å². The largest absolute Gasteiger partial charge is 0.399 e. The predicted molar refractivity (Wildman–Crippen MR) is 61.9 cm³/mol. The first-order chi connectivity index (χ1) is 7.08. The van der Waals surface area contributed by atoms with Crippen molar-refractivity contribution in [1.29, 1.82) is 0 Å². The van der Waals surface area contributed by atoms with Crippen molar-refractivity contribution in [3.05, 3.63) is 28.2 Å². The molecule has 0 spiro atoms. The SMILES string of the molecule is CC(C)Cc1cc(N)cc(=O)n1C1CC1. The number of pyridine rings is 1. The summed E-state index contributed by atoms with van der Waals surface area (Å²) >= 11 is 0. The van der Waals surface area contributed by atoms with Crippen LogP contribution in [0, 0.1) is 5.92 Å². The number of aromatic nitrogens is 1. The van der Waals surface area contributed by atoms with Crippen LogP contribution in [0.2, 0.25) is 0 Å². The van der Waals surface area contributed by atoms with E-state index in [0.717, 1.165) is 25.0 Å². The maximum Gasteiger partial charge on any atom is 0.253 e. The van der Waals surface area contributed by atoms with Gasteiger partial charge in [0.2, 0.25) is 0 Å². The minimum atomic E-state index is 0.0631. The Morgan fingerprint density at radius 1 is 1.47 bits per heavy atom. The van der Waals surface area contributed by atoms with Crippen LogP contribution in [0.1, 0.15) is 38.4 Å². The van der Waals surface area contributed by atoms with Crippen LogP contribution >= 0.6 is 0 Å². The van der Waals surface area contributed by atoms with Gasteiger partial charge in [0.05, 0.1) is 0 Å². The molecule has 0 atom stereocenters. The van der Waals surface area contributed by atoms with Crippen molar-refractivity contribution < 1.29 is 0 Å². The monoisotopic (exact) mass is 206 g/mol. The average Bonchev–Trinajstić information content (AvgIpc) is 2.84. The number of rotatable bonds is 3. The highest BCUT2D eigenvalue weighted by Crippen LogP contribution is 2.35. The first-order valence-corrected chi connectivity index (χ1v) is 5.59. The Kier molecular flexibility index (Phi) is 2.55. The molecule has 3 heteroatoms. The molecule has 0 bridgehead atoms. The van der Waals surface area contributed by atoms with Crippen LogP contribution in [0.15, 0.2) is 16.9 Å². The number of hydrogen-bond donors (Lipinski definition) is 1. The van der Waals surface area contributed by atoms with Gasteiger partial charge in [0.25, 0.3) is 5.56 Å². The van der Waals surface area contributed by atoms with E-state index < -0.39 is 0 Å². The number of hydrogen-bond acceptors (Lipinski definition) is 2. The van der Waals surface area contributed by atoms with Crippen molar-refractivity contribution >= 4 is 5.69 Å². The van der Waals surface area contributed by atoms with E-state index >= 15 is 0 Å². The molecule has 1 aromatic heterocycles. The second-order valence-electron chi connectivity index (χ2n) is 4.82. The van der Waals surface area contributed by atoms with Crippen LogP contribution in [0.4, 0.5) is 5.69 Å². The molecule has 3 nitrogen and oxygen atoms in total. The van der Waals surface area contributed by atoms with Crippen molar-refractivity contribution in [2.75, 3.05) is 5.73 Å². The minimum Gasteiger partial charge on any atom is -0.399 e. The van der Waals surface area contributed by atoms with Crippen molar-refractivity contribution in [2.45, 2.75) is 39.2 Å². The van der Waals surface area contributed by atoms with E-state index in [1.165, 1.54) is 6.07 Å². The Hall–Kier alpha value is -1.25. The molecular weight excluding hydrogens is 188 g/mol. The summed E-state index contributed by atoms with van der Waals surface area (Å²) in [4.78, 5) is 11.8. The van der Waals surface area contributed by atoms with E-state index in [1.807, 2.05) is 10.6 Å². The summed E-state index contributed by atoms with van der Waals surface area (Å²) in [5.74, 6) is 0.552. The fraction of sp³-hybridized carbons (Fsp3) is 0.583. The molecule has 1 heterocycles. The Morgan fingerprint density at radius 3 is 2.67 bits per heavy atom. The van der Waals surface area contributed by atoms with Crippen LogP contribution in [-0.2, 0) is 6.42 Å². The summed E-state index contributed by atoms with van der Waals surface area (Å²) in [6, 6.07) is 3.91. The lowest BCUT2D eigenvalue weighted by Gasteiger charge is -2.14. The van der Waals surface area contributed by atoms with Gasteiger partial charge in [-0.1, -0.05) is 13.8 Å². The predicted octanol–water partition coefficient (Wildman–Crippen LogP) is 1.96. The highest BCUT2D eigenvalue weighted by molar-refractivity contribution is 5.38. The Bertz CT molecular complexity index is 416. The maximum absolute atomic E-state index is 11.8. The molecular formula is C12H18N2O. The number of anilines is 1. The third-order valence-electron chi connectivity index (χ3n) is 2.70. The molecule has 0 radical (unpaired) electrons. The van der Waals surface area contributed by atoms with Crippen molar-refractivity contribution in [3.8, 4) is 0 Å². The summed E-state index contributed by atoms with van der Waals surface area (Å²) < 4.78 is 1.93. The quantitative estimate of drug-likeness (QED) is 0.821. The molecule has 0 unspecified atom stereocenters. The molecule has 1 aromatic rings. The fourth-order valence-electron chi connectivity index (χ4n) is 1.98. The Balaban J connectivity index is 2.44. The Labute approximate surface area is 89.9 Å². The van der Waals surface area contributed by atoms with Gasteiger partial charge in [-0.25, -0.2) is 0 Å². The summed E-state index contributed by atoms with van der Waals surface area (Å²) in [5.41, 5.74) is 7.46. The lowest BCUT2D eigenvalue weighted by molar-refractivity contribution is 0.577. The van der Waals surface area contributed by atoms with E-state index in [2.05, 4.69) is 13.8 Å². The summed E-state index contributed by atoms with van der Waals surface area (Å²) in [6.07, 6.45) is 3.20. The van der Waals surface area contributed by atoms with E-state index in [4.69, 9.17) is 5.73 Å². The molecule has 0 aliphatic heterocycles.